The molecule has 1 aromatic heterocycles. The average molecular weight is 280 g/mol. The Hall–Kier alpha value is -2.77. The number of anilines is 1. The highest BCUT2D eigenvalue weighted by Crippen LogP contribution is 2.28. The first-order valence-electron chi connectivity index (χ1n) is 5.67. The van der Waals surface area contributed by atoms with Gasteiger partial charge in [0.25, 0.3) is 0 Å². The number of aryl methyl sites for hydroxylation is 1. The summed E-state index contributed by atoms with van der Waals surface area (Å²) < 4.78 is 15.9. The van der Waals surface area contributed by atoms with Crippen molar-refractivity contribution in [1.29, 1.82) is 0 Å². The van der Waals surface area contributed by atoms with Gasteiger partial charge >= 0.3 is 17.2 Å². The Morgan fingerprint density at radius 3 is 2.65 bits per heavy atom. The molecule has 1 heterocycles. The SMILES string of the molecule is COc1ccc(OC)c(NC(=O)c2c(=O)o[nH][n+]2C)c1. The smallest absolute Gasteiger partial charge is 0.440 e. The first-order chi connectivity index (χ1) is 9.56. The zero-order valence-corrected chi connectivity index (χ0v) is 11.2. The van der Waals surface area contributed by atoms with Gasteiger partial charge in [-0.1, -0.05) is 4.68 Å². The number of hydrogen-bond acceptors (Lipinski definition) is 5. The van der Waals surface area contributed by atoms with Crippen molar-refractivity contribution in [2.24, 2.45) is 7.05 Å². The molecule has 106 valence electrons. The molecule has 8 nitrogen and oxygen atoms in total. The summed E-state index contributed by atoms with van der Waals surface area (Å²) in [6.07, 6.45) is 0. The molecule has 1 amide bonds. The molecule has 1 aromatic carbocycles. The van der Waals surface area contributed by atoms with Gasteiger partial charge in [0.1, 0.15) is 11.5 Å². The predicted octanol–water partition coefficient (Wildman–Crippen LogP) is 0.0619. The van der Waals surface area contributed by atoms with E-state index in [2.05, 4.69) is 15.1 Å². The van der Waals surface area contributed by atoms with Crippen molar-refractivity contribution in [3.63, 3.8) is 0 Å². The van der Waals surface area contributed by atoms with Crippen molar-refractivity contribution in [3.05, 3.63) is 34.3 Å². The maximum absolute atomic E-state index is 12.1. The second-order valence-corrected chi connectivity index (χ2v) is 3.91. The second-order valence-electron chi connectivity index (χ2n) is 3.91. The topological polar surface area (TPSA) is 97.4 Å². The third-order valence-corrected chi connectivity index (χ3v) is 2.67. The van der Waals surface area contributed by atoms with E-state index in [0.29, 0.717) is 17.2 Å². The van der Waals surface area contributed by atoms with Gasteiger partial charge in [-0.25, -0.2) is 4.79 Å². The molecule has 0 saturated heterocycles. The van der Waals surface area contributed by atoms with E-state index in [4.69, 9.17) is 9.47 Å². The minimum Gasteiger partial charge on any atom is -0.497 e. The van der Waals surface area contributed by atoms with Crippen LogP contribution in [0.5, 0.6) is 11.5 Å². The van der Waals surface area contributed by atoms with E-state index in [9.17, 15) is 9.59 Å². The quantitative estimate of drug-likeness (QED) is 0.772. The number of nitrogens with one attached hydrogen (secondary N) is 2. The number of aromatic nitrogens is 2. The van der Waals surface area contributed by atoms with Gasteiger partial charge in [-0.2, -0.15) is 0 Å². The number of rotatable bonds is 4. The monoisotopic (exact) mass is 280 g/mol. The van der Waals surface area contributed by atoms with Crippen LogP contribution in [-0.2, 0) is 7.05 Å². The van der Waals surface area contributed by atoms with Crippen molar-refractivity contribution in [1.82, 2.24) is 5.27 Å². The molecule has 2 N–H and O–H groups in total. The zero-order valence-electron chi connectivity index (χ0n) is 11.2. The minimum atomic E-state index is -0.758. The number of nitrogens with zero attached hydrogens (tertiary/aromatic N) is 1. The molecule has 0 saturated carbocycles. The summed E-state index contributed by atoms with van der Waals surface area (Å²) >= 11 is 0. The van der Waals surface area contributed by atoms with Crippen LogP contribution in [-0.4, -0.2) is 25.4 Å². The van der Waals surface area contributed by atoms with Crippen LogP contribution >= 0.6 is 0 Å². The number of H-pyrrole nitrogens is 1. The largest absolute Gasteiger partial charge is 0.497 e. The number of aromatic amines is 1. The van der Waals surface area contributed by atoms with Gasteiger partial charge in [0.2, 0.25) is 0 Å². The Morgan fingerprint density at radius 1 is 1.35 bits per heavy atom. The first kappa shape index (κ1) is 13.7. The van der Waals surface area contributed by atoms with Gasteiger partial charge in [-0.05, 0) is 17.4 Å². The van der Waals surface area contributed by atoms with E-state index in [0.717, 1.165) is 0 Å². The van der Waals surface area contributed by atoms with Crippen LogP contribution in [0, 0.1) is 0 Å². The van der Waals surface area contributed by atoms with Crippen molar-refractivity contribution < 1.29 is 23.5 Å². The lowest BCUT2D eigenvalue weighted by atomic mass is 10.2. The number of amides is 1. The summed E-state index contributed by atoms with van der Waals surface area (Å²) in [7, 11) is 4.47. The van der Waals surface area contributed by atoms with E-state index in [-0.39, 0.29) is 5.69 Å². The van der Waals surface area contributed by atoms with Crippen LogP contribution < -0.4 is 25.1 Å². The van der Waals surface area contributed by atoms with Crippen molar-refractivity contribution in [3.8, 4) is 11.5 Å². The van der Waals surface area contributed by atoms with Crippen LogP contribution in [0.1, 0.15) is 10.5 Å². The van der Waals surface area contributed by atoms with Gasteiger partial charge < -0.3 is 14.8 Å². The summed E-state index contributed by atoms with van der Waals surface area (Å²) in [5, 5.41) is 4.84. The van der Waals surface area contributed by atoms with E-state index >= 15 is 0 Å². The van der Waals surface area contributed by atoms with Crippen molar-refractivity contribution >= 4 is 11.6 Å². The Bertz CT molecular complexity index is 689. The molecule has 0 aliphatic heterocycles. The molecule has 8 heteroatoms. The molecular formula is C12H14N3O5+. The molecule has 0 spiro atoms. The molecule has 0 aliphatic rings. The molecule has 0 radical (unpaired) electrons. The lowest BCUT2D eigenvalue weighted by Gasteiger charge is -2.10. The number of benzene rings is 1. The van der Waals surface area contributed by atoms with Gasteiger partial charge in [-0.15, -0.1) is 0 Å². The standard InChI is InChI=1S/C12H13N3O5/c1-15-10(12(17)20-14-15)11(16)13-8-6-7(18-2)4-5-9(8)19-3/h4-6H,1-3H3,(H-,13,14,16,17)/p+1. The fourth-order valence-electron chi connectivity index (χ4n) is 1.68. The molecule has 2 aromatic rings. The zero-order chi connectivity index (χ0) is 14.7. The van der Waals surface area contributed by atoms with Crippen LogP contribution in [0.4, 0.5) is 5.69 Å². The fraction of sp³-hybridized carbons (Fsp3) is 0.250. The highest BCUT2D eigenvalue weighted by atomic mass is 16.5. The number of hydrogen-bond donors (Lipinski definition) is 2. The average Bonchev–Trinajstić information content (AvgIpc) is 2.78. The predicted molar refractivity (Wildman–Crippen MR) is 68.0 cm³/mol. The van der Waals surface area contributed by atoms with Gasteiger partial charge in [0.05, 0.1) is 19.9 Å². The number of carbonyl (C=O) groups is 1. The summed E-state index contributed by atoms with van der Waals surface area (Å²) in [4.78, 5) is 23.5. The van der Waals surface area contributed by atoms with E-state index in [1.807, 2.05) is 0 Å². The van der Waals surface area contributed by atoms with Crippen molar-refractivity contribution in [2.75, 3.05) is 19.5 Å². The van der Waals surface area contributed by atoms with Gasteiger partial charge in [0.15, 0.2) is 7.05 Å². The van der Waals surface area contributed by atoms with E-state index in [1.165, 1.54) is 25.9 Å². The molecule has 0 fully saturated rings. The Labute approximate surface area is 113 Å². The number of methoxy groups -OCH3 is 2. The summed E-state index contributed by atoms with van der Waals surface area (Å²) in [6, 6.07) is 4.93. The van der Waals surface area contributed by atoms with E-state index in [1.54, 1.807) is 18.2 Å². The molecular weight excluding hydrogens is 266 g/mol. The Kier molecular flexibility index (Phi) is 3.74. The third kappa shape index (κ3) is 2.48. The molecule has 0 aliphatic carbocycles. The highest BCUT2D eigenvalue weighted by Gasteiger charge is 2.27. The number of ether oxygens (including phenoxy) is 2. The lowest BCUT2D eigenvalue weighted by Crippen LogP contribution is -2.41. The van der Waals surface area contributed by atoms with Crippen LogP contribution in [0.2, 0.25) is 0 Å². The lowest BCUT2D eigenvalue weighted by molar-refractivity contribution is -0.741. The van der Waals surface area contributed by atoms with E-state index < -0.39 is 11.5 Å². The van der Waals surface area contributed by atoms with Crippen LogP contribution in [0.15, 0.2) is 27.5 Å². The maximum Gasteiger partial charge on any atom is 0.440 e. The highest BCUT2D eigenvalue weighted by molar-refractivity contribution is 6.02. The third-order valence-electron chi connectivity index (χ3n) is 2.67. The molecule has 20 heavy (non-hydrogen) atoms. The minimum absolute atomic E-state index is 0.158. The molecule has 2 rings (SSSR count). The fourth-order valence-corrected chi connectivity index (χ4v) is 1.68. The first-order valence-corrected chi connectivity index (χ1v) is 5.67. The van der Waals surface area contributed by atoms with Gasteiger partial charge in [0, 0.05) is 6.07 Å². The Balaban J connectivity index is 2.34. The molecule has 0 unspecified atom stereocenters. The molecule has 0 atom stereocenters. The second kappa shape index (κ2) is 5.47. The maximum atomic E-state index is 12.1. The van der Waals surface area contributed by atoms with Crippen LogP contribution in [0.25, 0.3) is 0 Å². The van der Waals surface area contributed by atoms with Crippen LogP contribution in [0.3, 0.4) is 0 Å². The Morgan fingerprint density at radius 2 is 2.10 bits per heavy atom. The van der Waals surface area contributed by atoms with Crippen molar-refractivity contribution in [2.45, 2.75) is 0 Å². The normalized spacial score (nSPS) is 10.2. The molecule has 0 bridgehead atoms. The number of carbonyl (C=O) groups excluding carboxylic acids is 1. The summed E-state index contributed by atoms with van der Waals surface area (Å²) in [5.41, 5.74) is -0.529. The summed E-state index contributed by atoms with van der Waals surface area (Å²) in [6.45, 7) is 0. The van der Waals surface area contributed by atoms with Gasteiger partial charge in [-0.3, -0.25) is 9.32 Å². The summed E-state index contributed by atoms with van der Waals surface area (Å²) in [5.74, 6) is 0.377.